The molecule has 0 amide bonds. The average molecular weight is 332 g/mol. The maximum atomic E-state index is 9.41. The Morgan fingerprint density at radius 3 is 2.20 bits per heavy atom. The first-order valence-corrected chi connectivity index (χ1v) is 7.14. The molecule has 0 atom stereocenters. The third kappa shape index (κ3) is 3.51. The fraction of sp³-hybridized carbons (Fsp3) is 0.200. The van der Waals surface area contributed by atoms with Crippen molar-refractivity contribution in [2.24, 2.45) is 0 Å². The van der Waals surface area contributed by atoms with Gasteiger partial charge in [-0.25, -0.2) is 0 Å². The van der Waals surface area contributed by atoms with Gasteiger partial charge in [-0.2, -0.15) is 0 Å². The topological polar surface area (TPSA) is 29.5 Å². The molecule has 2 aromatic rings. The van der Waals surface area contributed by atoms with E-state index in [1.165, 1.54) is 12.1 Å². The molecule has 0 unspecified atom stereocenters. The molecule has 2 aromatic carbocycles. The summed E-state index contributed by atoms with van der Waals surface area (Å²) >= 11 is 18.4. The molecule has 0 aliphatic carbocycles. The second-order valence-electron chi connectivity index (χ2n) is 4.35. The molecule has 0 aromatic heterocycles. The van der Waals surface area contributed by atoms with Crippen LogP contribution in [0.1, 0.15) is 11.1 Å². The van der Waals surface area contributed by atoms with Crippen LogP contribution in [-0.2, 0) is 12.8 Å². The van der Waals surface area contributed by atoms with Crippen molar-refractivity contribution >= 4 is 34.8 Å². The van der Waals surface area contributed by atoms with Crippen molar-refractivity contribution in [2.75, 3.05) is 7.11 Å². The Kier molecular flexibility index (Phi) is 5.03. The fourth-order valence-electron chi connectivity index (χ4n) is 1.96. The first-order chi connectivity index (χ1) is 9.51. The third-order valence-electron chi connectivity index (χ3n) is 3.02. The standard InChI is InChI=1S/C15H13Cl3O2/c1-20-11-3-5-13(16)9(6-11)2-4-12-14(17)7-10(19)8-15(12)18/h3,5-8,19H,2,4H2,1H3. The lowest BCUT2D eigenvalue weighted by Gasteiger charge is -2.10. The Morgan fingerprint density at radius 2 is 1.60 bits per heavy atom. The molecule has 0 saturated heterocycles. The van der Waals surface area contributed by atoms with Crippen LogP contribution in [-0.4, -0.2) is 12.2 Å². The largest absolute Gasteiger partial charge is 0.508 e. The van der Waals surface area contributed by atoms with E-state index in [0.29, 0.717) is 27.9 Å². The molecule has 0 radical (unpaired) electrons. The van der Waals surface area contributed by atoms with Crippen LogP contribution < -0.4 is 4.74 Å². The fourth-order valence-corrected chi connectivity index (χ4v) is 2.83. The summed E-state index contributed by atoms with van der Waals surface area (Å²) in [6.07, 6.45) is 1.31. The van der Waals surface area contributed by atoms with E-state index >= 15 is 0 Å². The summed E-state index contributed by atoms with van der Waals surface area (Å²) in [5.41, 5.74) is 1.76. The number of halogens is 3. The van der Waals surface area contributed by atoms with Gasteiger partial charge in [0.15, 0.2) is 0 Å². The number of ether oxygens (including phenoxy) is 1. The second-order valence-corrected chi connectivity index (χ2v) is 5.57. The molecular formula is C15H13Cl3O2. The zero-order valence-corrected chi connectivity index (χ0v) is 13.1. The van der Waals surface area contributed by atoms with Crippen LogP contribution in [0.25, 0.3) is 0 Å². The SMILES string of the molecule is COc1ccc(Cl)c(CCc2c(Cl)cc(O)cc2Cl)c1. The van der Waals surface area contributed by atoms with Crippen molar-refractivity contribution in [3.05, 3.63) is 56.5 Å². The summed E-state index contributed by atoms with van der Waals surface area (Å²) in [6, 6.07) is 8.47. The molecule has 0 saturated carbocycles. The summed E-state index contributed by atoms with van der Waals surface area (Å²) in [5, 5.41) is 11.0. The molecule has 0 aliphatic heterocycles. The van der Waals surface area contributed by atoms with Crippen molar-refractivity contribution in [1.82, 2.24) is 0 Å². The van der Waals surface area contributed by atoms with E-state index in [0.717, 1.165) is 16.9 Å². The van der Waals surface area contributed by atoms with E-state index < -0.39 is 0 Å². The Balaban J connectivity index is 2.21. The quantitative estimate of drug-likeness (QED) is 0.840. The molecule has 0 spiro atoms. The molecule has 0 aliphatic rings. The van der Waals surface area contributed by atoms with E-state index in [1.54, 1.807) is 13.2 Å². The van der Waals surface area contributed by atoms with Gasteiger partial charge in [0.05, 0.1) is 7.11 Å². The van der Waals surface area contributed by atoms with Crippen LogP contribution in [0.5, 0.6) is 11.5 Å². The normalized spacial score (nSPS) is 10.6. The maximum absolute atomic E-state index is 9.41. The predicted octanol–water partition coefficient (Wildman–Crippen LogP) is 5.15. The molecule has 0 heterocycles. The van der Waals surface area contributed by atoms with Crippen molar-refractivity contribution in [3.8, 4) is 11.5 Å². The van der Waals surface area contributed by atoms with E-state index in [-0.39, 0.29) is 5.75 Å². The number of phenolic OH excluding ortho intramolecular Hbond substituents is 1. The second kappa shape index (κ2) is 6.57. The monoisotopic (exact) mass is 330 g/mol. The Hall–Kier alpha value is -1.09. The summed E-state index contributed by atoms with van der Waals surface area (Å²) < 4.78 is 5.18. The Bertz CT molecular complexity index is 604. The summed E-state index contributed by atoms with van der Waals surface area (Å²) in [7, 11) is 1.61. The van der Waals surface area contributed by atoms with Gasteiger partial charge in [-0.1, -0.05) is 34.8 Å². The van der Waals surface area contributed by atoms with Gasteiger partial charge in [-0.15, -0.1) is 0 Å². The minimum absolute atomic E-state index is 0.0585. The molecule has 2 rings (SSSR count). The van der Waals surface area contributed by atoms with Gasteiger partial charge in [-0.3, -0.25) is 0 Å². The van der Waals surface area contributed by atoms with Crippen LogP contribution in [0.15, 0.2) is 30.3 Å². The maximum Gasteiger partial charge on any atom is 0.119 e. The van der Waals surface area contributed by atoms with E-state index in [4.69, 9.17) is 39.5 Å². The summed E-state index contributed by atoms with van der Waals surface area (Å²) in [4.78, 5) is 0. The van der Waals surface area contributed by atoms with Crippen LogP contribution in [0.3, 0.4) is 0 Å². The Labute approximate surface area is 132 Å². The highest BCUT2D eigenvalue weighted by molar-refractivity contribution is 6.36. The molecule has 2 nitrogen and oxygen atoms in total. The Morgan fingerprint density at radius 1 is 0.950 bits per heavy atom. The average Bonchev–Trinajstić information content (AvgIpc) is 2.39. The summed E-state index contributed by atoms with van der Waals surface area (Å²) in [6.45, 7) is 0. The number of hydrogen-bond acceptors (Lipinski definition) is 2. The van der Waals surface area contributed by atoms with Gasteiger partial charge in [0.2, 0.25) is 0 Å². The zero-order chi connectivity index (χ0) is 14.7. The minimum Gasteiger partial charge on any atom is -0.508 e. The number of benzene rings is 2. The smallest absolute Gasteiger partial charge is 0.119 e. The first kappa shape index (κ1) is 15.3. The first-order valence-electron chi connectivity index (χ1n) is 6.00. The molecule has 0 bridgehead atoms. The van der Waals surface area contributed by atoms with Crippen molar-refractivity contribution in [2.45, 2.75) is 12.8 Å². The molecule has 1 N–H and O–H groups in total. The van der Waals surface area contributed by atoms with Crippen molar-refractivity contribution in [3.63, 3.8) is 0 Å². The molecule has 106 valence electrons. The highest BCUT2D eigenvalue weighted by atomic mass is 35.5. The zero-order valence-electron chi connectivity index (χ0n) is 10.8. The number of aromatic hydroxyl groups is 1. The van der Waals surface area contributed by atoms with Crippen LogP contribution in [0, 0.1) is 0 Å². The van der Waals surface area contributed by atoms with Gasteiger partial charge in [0, 0.05) is 15.1 Å². The van der Waals surface area contributed by atoms with Gasteiger partial charge < -0.3 is 9.84 Å². The van der Waals surface area contributed by atoms with Gasteiger partial charge >= 0.3 is 0 Å². The number of phenols is 1. The van der Waals surface area contributed by atoms with Crippen LogP contribution in [0.4, 0.5) is 0 Å². The van der Waals surface area contributed by atoms with Gasteiger partial charge in [0.25, 0.3) is 0 Å². The molecule has 20 heavy (non-hydrogen) atoms. The van der Waals surface area contributed by atoms with E-state index in [1.807, 2.05) is 12.1 Å². The van der Waals surface area contributed by atoms with Crippen LogP contribution >= 0.6 is 34.8 Å². The van der Waals surface area contributed by atoms with Crippen molar-refractivity contribution in [1.29, 1.82) is 0 Å². The number of methoxy groups -OCH3 is 1. The van der Waals surface area contributed by atoms with Gasteiger partial charge in [0.1, 0.15) is 11.5 Å². The minimum atomic E-state index is 0.0585. The predicted molar refractivity (Wildman–Crippen MR) is 83.5 cm³/mol. The number of rotatable bonds is 4. The number of hydrogen-bond donors (Lipinski definition) is 1. The number of aryl methyl sites for hydroxylation is 1. The van der Waals surface area contributed by atoms with Crippen molar-refractivity contribution < 1.29 is 9.84 Å². The summed E-state index contributed by atoms with van der Waals surface area (Å²) in [5.74, 6) is 0.815. The molecule has 0 fully saturated rings. The molecule has 5 heteroatoms. The van der Waals surface area contributed by atoms with Gasteiger partial charge in [-0.05, 0) is 54.3 Å². The highest BCUT2D eigenvalue weighted by Crippen LogP contribution is 2.31. The lowest BCUT2D eigenvalue weighted by molar-refractivity contribution is 0.414. The van der Waals surface area contributed by atoms with Crippen LogP contribution in [0.2, 0.25) is 15.1 Å². The van der Waals surface area contributed by atoms with E-state index in [2.05, 4.69) is 0 Å². The lowest BCUT2D eigenvalue weighted by Crippen LogP contribution is -1.95. The third-order valence-corrected chi connectivity index (χ3v) is 4.07. The highest BCUT2D eigenvalue weighted by Gasteiger charge is 2.10. The molecular weight excluding hydrogens is 319 g/mol. The lowest BCUT2D eigenvalue weighted by atomic mass is 10.0. The van der Waals surface area contributed by atoms with E-state index in [9.17, 15) is 5.11 Å².